The fraction of sp³-hybridized carbons (Fsp3) is 0.667. The van der Waals surface area contributed by atoms with Crippen LogP contribution in [0.15, 0.2) is 18.2 Å². The fourth-order valence-corrected chi connectivity index (χ4v) is 2.75. The molecule has 0 aromatic heterocycles. The molecule has 2 unspecified atom stereocenters. The van der Waals surface area contributed by atoms with Gasteiger partial charge < -0.3 is 15.0 Å². The van der Waals surface area contributed by atoms with Gasteiger partial charge in [-0.2, -0.15) is 0 Å². The summed E-state index contributed by atoms with van der Waals surface area (Å²) >= 11 is 0. The van der Waals surface area contributed by atoms with E-state index in [9.17, 15) is 0 Å². The Bertz CT molecular complexity index is 420. The molecule has 0 saturated heterocycles. The lowest BCUT2D eigenvalue weighted by Gasteiger charge is -2.30. The Balaban J connectivity index is 2.93. The summed E-state index contributed by atoms with van der Waals surface area (Å²) in [5.41, 5.74) is 2.54. The predicted octanol–water partition coefficient (Wildman–Crippen LogP) is 3.77. The van der Waals surface area contributed by atoms with Crippen molar-refractivity contribution in [2.24, 2.45) is 0 Å². The van der Waals surface area contributed by atoms with Crippen LogP contribution in [-0.2, 0) is 0 Å². The molecule has 1 aromatic carbocycles. The van der Waals surface area contributed by atoms with Crippen molar-refractivity contribution in [2.75, 3.05) is 27.2 Å². The molecule has 0 bridgehead atoms. The van der Waals surface area contributed by atoms with E-state index in [4.69, 9.17) is 4.74 Å². The van der Waals surface area contributed by atoms with Gasteiger partial charge in [0, 0.05) is 24.2 Å². The molecule has 1 aromatic rings. The van der Waals surface area contributed by atoms with E-state index in [2.05, 4.69) is 63.2 Å². The number of nitrogens with zero attached hydrogens (tertiary/aromatic N) is 1. The number of likely N-dealkylation sites (N-methyl/N-ethyl adjacent to an activating group) is 2. The van der Waals surface area contributed by atoms with Crippen LogP contribution in [0.5, 0.6) is 5.75 Å². The second kappa shape index (κ2) is 9.06. The normalized spacial score (nSPS) is 14.2. The van der Waals surface area contributed by atoms with Crippen LogP contribution < -0.4 is 10.1 Å². The Labute approximate surface area is 130 Å². The molecular weight excluding hydrogens is 260 g/mol. The van der Waals surface area contributed by atoms with Crippen LogP contribution in [0.25, 0.3) is 0 Å². The van der Waals surface area contributed by atoms with Gasteiger partial charge in [0.2, 0.25) is 0 Å². The minimum Gasteiger partial charge on any atom is -0.496 e. The van der Waals surface area contributed by atoms with Crippen molar-refractivity contribution in [3.8, 4) is 5.75 Å². The lowest BCUT2D eigenvalue weighted by Crippen LogP contribution is -2.38. The zero-order valence-electron chi connectivity index (χ0n) is 14.6. The molecule has 2 atom stereocenters. The first-order valence-electron chi connectivity index (χ1n) is 8.11. The van der Waals surface area contributed by atoms with Crippen molar-refractivity contribution in [3.63, 3.8) is 0 Å². The van der Waals surface area contributed by atoms with E-state index in [1.807, 2.05) is 0 Å². The maximum atomic E-state index is 5.56. The molecule has 0 saturated carbocycles. The first-order chi connectivity index (χ1) is 10.0. The molecule has 0 radical (unpaired) electrons. The zero-order valence-corrected chi connectivity index (χ0v) is 14.6. The zero-order chi connectivity index (χ0) is 15.8. The van der Waals surface area contributed by atoms with E-state index in [0.29, 0.717) is 12.1 Å². The average Bonchev–Trinajstić information content (AvgIpc) is 2.46. The summed E-state index contributed by atoms with van der Waals surface area (Å²) in [6, 6.07) is 7.32. The summed E-state index contributed by atoms with van der Waals surface area (Å²) in [4.78, 5) is 2.44. The van der Waals surface area contributed by atoms with Crippen LogP contribution in [0.1, 0.15) is 50.8 Å². The molecule has 120 valence electrons. The second-order valence-corrected chi connectivity index (χ2v) is 5.93. The minimum atomic E-state index is 0.300. The molecule has 0 heterocycles. The topological polar surface area (TPSA) is 24.5 Å². The van der Waals surface area contributed by atoms with E-state index in [1.165, 1.54) is 24.0 Å². The highest BCUT2D eigenvalue weighted by Crippen LogP contribution is 2.27. The SMILES string of the molecule is CCCC(C)N(C)CC(NCC)c1cc(C)ccc1OC. The Morgan fingerprint density at radius 3 is 2.57 bits per heavy atom. The number of aryl methyl sites for hydroxylation is 1. The molecule has 0 aliphatic rings. The molecule has 0 aliphatic carbocycles. The van der Waals surface area contributed by atoms with Gasteiger partial charge in [0.15, 0.2) is 0 Å². The van der Waals surface area contributed by atoms with Crippen LogP contribution in [0.2, 0.25) is 0 Å². The van der Waals surface area contributed by atoms with Gasteiger partial charge in [-0.15, -0.1) is 0 Å². The van der Waals surface area contributed by atoms with Crippen molar-refractivity contribution < 1.29 is 4.74 Å². The van der Waals surface area contributed by atoms with Crippen molar-refractivity contribution in [2.45, 2.75) is 52.6 Å². The van der Waals surface area contributed by atoms with Crippen LogP contribution >= 0.6 is 0 Å². The fourth-order valence-electron chi connectivity index (χ4n) is 2.75. The monoisotopic (exact) mass is 292 g/mol. The maximum absolute atomic E-state index is 5.56. The number of hydrogen-bond acceptors (Lipinski definition) is 3. The first-order valence-corrected chi connectivity index (χ1v) is 8.11. The standard InChI is InChI=1S/C18H32N2O/c1-7-9-15(4)20(5)13-17(19-8-2)16-12-14(3)10-11-18(16)21-6/h10-12,15,17,19H,7-9,13H2,1-6H3. The number of hydrogen-bond donors (Lipinski definition) is 1. The molecular formula is C18H32N2O. The molecule has 0 amide bonds. The molecule has 3 nitrogen and oxygen atoms in total. The predicted molar refractivity (Wildman–Crippen MR) is 91.1 cm³/mol. The summed E-state index contributed by atoms with van der Waals surface area (Å²) in [7, 11) is 3.97. The summed E-state index contributed by atoms with van der Waals surface area (Å²) in [5, 5.41) is 3.61. The summed E-state index contributed by atoms with van der Waals surface area (Å²) in [5.74, 6) is 0.975. The second-order valence-electron chi connectivity index (χ2n) is 5.93. The Hall–Kier alpha value is -1.06. The highest BCUT2D eigenvalue weighted by Gasteiger charge is 2.19. The number of nitrogens with one attached hydrogen (secondary N) is 1. The first kappa shape index (κ1) is 18.0. The molecule has 1 rings (SSSR count). The van der Waals surface area contributed by atoms with E-state index < -0.39 is 0 Å². The quantitative estimate of drug-likeness (QED) is 0.750. The third-order valence-electron chi connectivity index (χ3n) is 4.14. The summed E-state index contributed by atoms with van der Waals surface area (Å²) in [6.45, 7) is 10.8. The summed E-state index contributed by atoms with van der Waals surface area (Å²) < 4.78 is 5.56. The van der Waals surface area contributed by atoms with Gasteiger partial charge in [0.25, 0.3) is 0 Å². The Morgan fingerprint density at radius 2 is 2.00 bits per heavy atom. The lowest BCUT2D eigenvalue weighted by molar-refractivity contribution is 0.218. The van der Waals surface area contributed by atoms with Crippen molar-refractivity contribution in [3.05, 3.63) is 29.3 Å². The third-order valence-corrected chi connectivity index (χ3v) is 4.14. The molecule has 21 heavy (non-hydrogen) atoms. The van der Waals surface area contributed by atoms with Crippen molar-refractivity contribution in [1.82, 2.24) is 10.2 Å². The van der Waals surface area contributed by atoms with Crippen molar-refractivity contribution in [1.29, 1.82) is 0 Å². The third kappa shape index (κ3) is 5.33. The largest absolute Gasteiger partial charge is 0.496 e. The van der Waals surface area contributed by atoms with Crippen LogP contribution in [0, 0.1) is 6.92 Å². The number of benzene rings is 1. The Morgan fingerprint density at radius 1 is 1.29 bits per heavy atom. The van der Waals surface area contributed by atoms with Gasteiger partial charge >= 0.3 is 0 Å². The highest BCUT2D eigenvalue weighted by molar-refractivity contribution is 5.39. The summed E-state index contributed by atoms with van der Waals surface area (Å²) in [6.07, 6.45) is 2.46. The smallest absolute Gasteiger partial charge is 0.123 e. The van der Waals surface area contributed by atoms with Crippen LogP contribution in [0.3, 0.4) is 0 Å². The Kier molecular flexibility index (Phi) is 7.76. The molecule has 1 N–H and O–H groups in total. The van der Waals surface area contributed by atoms with Crippen molar-refractivity contribution >= 4 is 0 Å². The van der Waals surface area contributed by atoms with E-state index >= 15 is 0 Å². The molecule has 0 spiro atoms. The van der Waals surface area contributed by atoms with Gasteiger partial charge in [-0.05, 0) is 39.9 Å². The van der Waals surface area contributed by atoms with E-state index in [-0.39, 0.29) is 0 Å². The number of rotatable bonds is 9. The van der Waals surface area contributed by atoms with E-state index in [1.54, 1.807) is 7.11 Å². The minimum absolute atomic E-state index is 0.300. The van der Waals surface area contributed by atoms with Gasteiger partial charge in [-0.3, -0.25) is 0 Å². The number of ether oxygens (including phenoxy) is 1. The van der Waals surface area contributed by atoms with Gasteiger partial charge in [-0.25, -0.2) is 0 Å². The van der Waals surface area contributed by atoms with Gasteiger partial charge in [0.1, 0.15) is 5.75 Å². The molecule has 0 aliphatic heterocycles. The van der Waals surface area contributed by atoms with Crippen LogP contribution in [0.4, 0.5) is 0 Å². The van der Waals surface area contributed by atoms with E-state index in [0.717, 1.165) is 18.8 Å². The highest BCUT2D eigenvalue weighted by atomic mass is 16.5. The van der Waals surface area contributed by atoms with Gasteiger partial charge in [0.05, 0.1) is 7.11 Å². The maximum Gasteiger partial charge on any atom is 0.123 e. The number of methoxy groups -OCH3 is 1. The van der Waals surface area contributed by atoms with Gasteiger partial charge in [-0.1, -0.05) is 38.0 Å². The lowest BCUT2D eigenvalue weighted by atomic mass is 10.0. The van der Waals surface area contributed by atoms with Crippen LogP contribution in [-0.4, -0.2) is 38.2 Å². The average molecular weight is 292 g/mol. The molecule has 3 heteroatoms. The molecule has 0 fully saturated rings.